The number of aromatic nitrogens is 5. The molecule has 9 nitrogen and oxygen atoms in total. The van der Waals surface area contributed by atoms with Crippen LogP contribution in [0.5, 0.6) is 0 Å². The summed E-state index contributed by atoms with van der Waals surface area (Å²) in [4.78, 5) is 26.3. The number of carbonyl (C=O) groups excluding carboxylic acids is 1. The van der Waals surface area contributed by atoms with Crippen molar-refractivity contribution in [3.05, 3.63) is 34.3 Å². The Labute approximate surface area is 132 Å². The van der Waals surface area contributed by atoms with E-state index >= 15 is 0 Å². The number of nitrogens with zero attached hydrogens (tertiary/aromatic N) is 5. The second-order valence-corrected chi connectivity index (χ2v) is 5.60. The molecular weight excluding hydrogens is 300 g/mol. The summed E-state index contributed by atoms with van der Waals surface area (Å²) >= 11 is 0. The third kappa shape index (κ3) is 2.67. The lowest BCUT2D eigenvalue weighted by Crippen LogP contribution is -2.33. The number of nitrogens with one attached hydrogen (secondary N) is 1. The first kappa shape index (κ1) is 15.5. The monoisotopic (exact) mass is 320 g/mol. The van der Waals surface area contributed by atoms with E-state index in [1.807, 2.05) is 6.92 Å². The zero-order valence-corrected chi connectivity index (χ0v) is 13.4. The summed E-state index contributed by atoms with van der Waals surface area (Å²) in [5.41, 5.74) is 0.243. The smallest absolute Gasteiger partial charge is 0.343 e. The van der Waals surface area contributed by atoms with Crippen LogP contribution in [0, 0.1) is 0 Å². The topological polar surface area (TPSA) is 98.0 Å². The number of carbonyl (C=O) groups is 1. The van der Waals surface area contributed by atoms with E-state index in [9.17, 15) is 9.59 Å². The van der Waals surface area contributed by atoms with Gasteiger partial charge in [-0.25, -0.2) is 9.89 Å². The number of ether oxygens (including phenoxy) is 1. The minimum Gasteiger partial charge on any atom is -0.380 e. The SMILES string of the molecule is CCn1c([C@@H]2C[C@H](OC)CN2C(=O)c2cnn(C)c2)n[nH]c1=O. The van der Waals surface area contributed by atoms with Crippen molar-refractivity contribution in [2.24, 2.45) is 7.05 Å². The Morgan fingerprint density at radius 3 is 2.91 bits per heavy atom. The molecule has 2 aromatic rings. The Morgan fingerprint density at radius 2 is 2.30 bits per heavy atom. The summed E-state index contributed by atoms with van der Waals surface area (Å²) in [7, 11) is 3.38. The molecule has 3 rings (SSSR count). The van der Waals surface area contributed by atoms with Crippen LogP contribution in [0.1, 0.15) is 35.6 Å². The van der Waals surface area contributed by atoms with E-state index in [0.29, 0.717) is 30.9 Å². The van der Waals surface area contributed by atoms with Gasteiger partial charge in [0.25, 0.3) is 5.91 Å². The number of rotatable bonds is 4. The number of hydrogen-bond donors (Lipinski definition) is 1. The van der Waals surface area contributed by atoms with E-state index in [-0.39, 0.29) is 23.7 Å². The molecule has 0 spiro atoms. The predicted octanol–water partition coefficient (Wildman–Crippen LogP) is -0.0730. The average Bonchev–Trinajstić information content (AvgIpc) is 3.24. The minimum absolute atomic E-state index is 0.0854. The van der Waals surface area contributed by atoms with E-state index in [1.165, 1.54) is 6.20 Å². The van der Waals surface area contributed by atoms with Gasteiger partial charge < -0.3 is 9.64 Å². The van der Waals surface area contributed by atoms with Crippen LogP contribution in [-0.2, 0) is 18.3 Å². The number of aryl methyl sites for hydroxylation is 1. The predicted molar refractivity (Wildman–Crippen MR) is 80.9 cm³/mol. The molecule has 1 fully saturated rings. The summed E-state index contributed by atoms with van der Waals surface area (Å²) < 4.78 is 8.56. The standard InChI is InChI=1S/C14H20N6O3/c1-4-19-12(16-17-14(19)22)11-5-10(23-3)8-20(11)13(21)9-6-15-18(2)7-9/h6-7,10-11H,4-5,8H2,1-3H3,(H,17,22)/t10-,11-/m0/s1. The molecule has 1 aliphatic heterocycles. The van der Waals surface area contributed by atoms with Crippen molar-refractivity contribution < 1.29 is 9.53 Å². The highest BCUT2D eigenvalue weighted by molar-refractivity contribution is 5.94. The summed E-state index contributed by atoms with van der Waals surface area (Å²) in [5, 5.41) is 10.6. The fraction of sp³-hybridized carbons (Fsp3) is 0.571. The summed E-state index contributed by atoms with van der Waals surface area (Å²) in [6.07, 6.45) is 3.73. The Morgan fingerprint density at radius 1 is 1.52 bits per heavy atom. The molecule has 0 unspecified atom stereocenters. The fourth-order valence-electron chi connectivity index (χ4n) is 3.02. The molecule has 124 valence electrons. The fourth-order valence-corrected chi connectivity index (χ4v) is 3.02. The molecule has 2 aromatic heterocycles. The number of hydrogen-bond acceptors (Lipinski definition) is 5. The molecule has 2 atom stereocenters. The molecule has 3 heterocycles. The van der Waals surface area contributed by atoms with E-state index in [2.05, 4.69) is 15.3 Å². The molecular formula is C14H20N6O3. The summed E-state index contributed by atoms with van der Waals surface area (Å²) in [6, 6.07) is -0.299. The van der Waals surface area contributed by atoms with Gasteiger partial charge in [0, 0.05) is 39.9 Å². The lowest BCUT2D eigenvalue weighted by atomic mass is 10.1. The van der Waals surface area contributed by atoms with Crippen LogP contribution in [-0.4, -0.2) is 55.1 Å². The van der Waals surface area contributed by atoms with Crippen molar-refractivity contribution in [1.29, 1.82) is 0 Å². The van der Waals surface area contributed by atoms with Gasteiger partial charge in [-0.15, -0.1) is 0 Å². The second-order valence-electron chi connectivity index (χ2n) is 5.60. The van der Waals surface area contributed by atoms with Crippen molar-refractivity contribution in [2.75, 3.05) is 13.7 Å². The van der Waals surface area contributed by atoms with Crippen LogP contribution in [0.3, 0.4) is 0 Å². The first-order valence-electron chi connectivity index (χ1n) is 7.52. The maximum Gasteiger partial charge on any atom is 0.343 e. The molecule has 0 aliphatic carbocycles. The van der Waals surface area contributed by atoms with Gasteiger partial charge in [-0.1, -0.05) is 0 Å². The van der Waals surface area contributed by atoms with Gasteiger partial charge in [0.1, 0.15) is 0 Å². The second kappa shape index (κ2) is 5.99. The molecule has 1 N–H and O–H groups in total. The maximum atomic E-state index is 12.8. The molecule has 9 heteroatoms. The van der Waals surface area contributed by atoms with Gasteiger partial charge in [-0.2, -0.15) is 10.2 Å². The zero-order valence-electron chi connectivity index (χ0n) is 13.4. The number of aromatic amines is 1. The molecule has 23 heavy (non-hydrogen) atoms. The third-order valence-electron chi connectivity index (χ3n) is 4.21. The number of H-pyrrole nitrogens is 1. The molecule has 1 aliphatic rings. The third-order valence-corrected chi connectivity index (χ3v) is 4.21. The molecule has 1 amide bonds. The number of methoxy groups -OCH3 is 1. The van der Waals surface area contributed by atoms with Crippen molar-refractivity contribution in [1.82, 2.24) is 29.4 Å². The zero-order chi connectivity index (χ0) is 16.6. The van der Waals surface area contributed by atoms with Crippen molar-refractivity contribution in [3.8, 4) is 0 Å². The highest BCUT2D eigenvalue weighted by Crippen LogP contribution is 2.33. The molecule has 0 bridgehead atoms. The van der Waals surface area contributed by atoms with Crippen LogP contribution in [0.15, 0.2) is 17.2 Å². The maximum absolute atomic E-state index is 12.8. The highest BCUT2D eigenvalue weighted by Gasteiger charge is 2.39. The number of likely N-dealkylation sites (tertiary alicyclic amines) is 1. The van der Waals surface area contributed by atoms with Gasteiger partial charge in [-0.3, -0.25) is 14.0 Å². The quantitative estimate of drug-likeness (QED) is 0.850. The van der Waals surface area contributed by atoms with Crippen molar-refractivity contribution >= 4 is 5.91 Å². The minimum atomic E-state index is -0.299. The highest BCUT2D eigenvalue weighted by atomic mass is 16.5. The average molecular weight is 320 g/mol. The largest absolute Gasteiger partial charge is 0.380 e. The van der Waals surface area contributed by atoms with Crippen molar-refractivity contribution in [3.63, 3.8) is 0 Å². The number of amides is 1. The normalized spacial score (nSPS) is 21.1. The summed E-state index contributed by atoms with van der Waals surface area (Å²) in [6.45, 7) is 2.82. The lowest BCUT2D eigenvalue weighted by molar-refractivity contribution is 0.0682. The summed E-state index contributed by atoms with van der Waals surface area (Å²) in [5.74, 6) is 0.426. The Bertz CT molecular complexity index is 761. The van der Waals surface area contributed by atoms with Crippen LogP contribution >= 0.6 is 0 Å². The van der Waals surface area contributed by atoms with E-state index in [0.717, 1.165) is 0 Å². The van der Waals surface area contributed by atoms with Gasteiger partial charge in [0.2, 0.25) is 0 Å². The van der Waals surface area contributed by atoms with Crippen LogP contribution in [0.25, 0.3) is 0 Å². The Balaban J connectivity index is 1.96. The van der Waals surface area contributed by atoms with Gasteiger partial charge in [-0.05, 0) is 6.92 Å². The van der Waals surface area contributed by atoms with Crippen LogP contribution in [0.4, 0.5) is 0 Å². The van der Waals surface area contributed by atoms with Gasteiger partial charge >= 0.3 is 5.69 Å². The Kier molecular flexibility index (Phi) is 4.03. The van der Waals surface area contributed by atoms with E-state index < -0.39 is 0 Å². The molecule has 1 saturated heterocycles. The van der Waals surface area contributed by atoms with Crippen molar-refractivity contribution in [2.45, 2.75) is 32.0 Å². The molecule has 0 radical (unpaired) electrons. The Hall–Kier alpha value is -2.42. The van der Waals surface area contributed by atoms with Gasteiger partial charge in [0.05, 0.1) is 23.9 Å². The molecule has 0 saturated carbocycles. The molecule has 0 aromatic carbocycles. The van der Waals surface area contributed by atoms with E-state index in [4.69, 9.17) is 4.74 Å². The van der Waals surface area contributed by atoms with Crippen LogP contribution < -0.4 is 5.69 Å². The lowest BCUT2D eigenvalue weighted by Gasteiger charge is -2.23. The first-order valence-corrected chi connectivity index (χ1v) is 7.52. The van der Waals surface area contributed by atoms with Crippen LogP contribution in [0.2, 0.25) is 0 Å². The van der Waals surface area contributed by atoms with E-state index in [1.54, 1.807) is 34.5 Å². The van der Waals surface area contributed by atoms with Gasteiger partial charge in [0.15, 0.2) is 5.82 Å². The first-order chi connectivity index (χ1) is 11.0.